The fraction of sp³-hybridized carbons (Fsp3) is 0.944. The Labute approximate surface area is 132 Å². The normalized spacial score (nSPS) is 36.7. The molecule has 0 radical (unpaired) electrons. The zero-order valence-electron chi connectivity index (χ0n) is 15.3. The van der Waals surface area contributed by atoms with Crippen molar-refractivity contribution < 1.29 is 9.22 Å². The fourth-order valence-corrected chi connectivity index (χ4v) is 5.80. The first kappa shape index (κ1) is 17.2. The summed E-state index contributed by atoms with van der Waals surface area (Å²) in [5, 5.41) is 0.251. The summed E-state index contributed by atoms with van der Waals surface area (Å²) in [4.78, 5) is 12.3. The van der Waals surface area contributed by atoms with Crippen LogP contribution in [0.1, 0.15) is 67.2 Å². The Hall–Kier alpha value is -0.153. The topological polar surface area (TPSA) is 26.3 Å². The SMILES string of the molecule is CC1(C)C(=O)CC[C@]2(C)[C@@H](O[Si](C)(C)C(C)(C)C)CC[C@@H]12. The van der Waals surface area contributed by atoms with E-state index in [4.69, 9.17) is 4.43 Å². The van der Waals surface area contributed by atoms with Crippen molar-refractivity contribution in [1.82, 2.24) is 0 Å². The number of ketones is 1. The van der Waals surface area contributed by atoms with Crippen LogP contribution in [0.15, 0.2) is 0 Å². The first-order chi connectivity index (χ1) is 9.32. The Morgan fingerprint density at radius 2 is 1.71 bits per heavy atom. The molecule has 0 spiro atoms. The van der Waals surface area contributed by atoms with Gasteiger partial charge in [0.2, 0.25) is 0 Å². The monoisotopic (exact) mass is 310 g/mol. The van der Waals surface area contributed by atoms with E-state index >= 15 is 0 Å². The minimum absolute atomic E-state index is 0.168. The molecular formula is C18H34O2Si. The Balaban J connectivity index is 2.24. The third kappa shape index (κ3) is 2.65. The predicted molar refractivity (Wildman–Crippen MR) is 90.9 cm³/mol. The van der Waals surface area contributed by atoms with Crippen LogP contribution in [-0.4, -0.2) is 20.2 Å². The molecule has 21 heavy (non-hydrogen) atoms. The molecule has 2 nitrogen and oxygen atoms in total. The van der Waals surface area contributed by atoms with Gasteiger partial charge in [0.25, 0.3) is 0 Å². The maximum Gasteiger partial charge on any atom is 0.192 e. The zero-order chi connectivity index (χ0) is 16.3. The maximum atomic E-state index is 12.3. The first-order valence-corrected chi connectivity index (χ1v) is 11.4. The lowest BCUT2D eigenvalue weighted by Gasteiger charge is -2.50. The van der Waals surface area contributed by atoms with E-state index in [0.29, 0.717) is 17.8 Å². The molecule has 3 atom stereocenters. The largest absolute Gasteiger partial charge is 0.413 e. The molecule has 122 valence electrons. The summed E-state index contributed by atoms with van der Waals surface area (Å²) in [5.41, 5.74) is 0.0193. The molecule has 0 aromatic rings. The summed E-state index contributed by atoms with van der Waals surface area (Å²) in [5.74, 6) is 0.943. The van der Waals surface area contributed by atoms with Crippen molar-refractivity contribution in [1.29, 1.82) is 0 Å². The van der Waals surface area contributed by atoms with Gasteiger partial charge in [-0.3, -0.25) is 4.79 Å². The molecule has 0 unspecified atom stereocenters. The first-order valence-electron chi connectivity index (χ1n) is 8.53. The number of fused-ring (bicyclic) bond motifs is 1. The van der Waals surface area contributed by atoms with Crippen LogP contribution in [0.25, 0.3) is 0 Å². The van der Waals surface area contributed by atoms with Crippen LogP contribution in [0.4, 0.5) is 0 Å². The van der Waals surface area contributed by atoms with Crippen molar-refractivity contribution in [2.75, 3.05) is 0 Å². The Kier molecular flexibility index (Phi) is 4.03. The van der Waals surface area contributed by atoms with Gasteiger partial charge in [-0.2, -0.15) is 0 Å². The van der Waals surface area contributed by atoms with Crippen molar-refractivity contribution in [3.05, 3.63) is 0 Å². The van der Waals surface area contributed by atoms with Gasteiger partial charge in [-0.25, -0.2) is 0 Å². The average Bonchev–Trinajstić information content (AvgIpc) is 2.62. The van der Waals surface area contributed by atoms with E-state index in [-0.39, 0.29) is 15.9 Å². The van der Waals surface area contributed by atoms with E-state index in [1.54, 1.807) is 0 Å². The van der Waals surface area contributed by atoms with E-state index in [9.17, 15) is 4.79 Å². The molecule has 2 aliphatic rings. The number of rotatable bonds is 2. The van der Waals surface area contributed by atoms with E-state index < -0.39 is 8.32 Å². The summed E-state index contributed by atoms with van der Waals surface area (Å²) in [6.45, 7) is 18.3. The minimum atomic E-state index is -1.74. The number of hydrogen-bond donors (Lipinski definition) is 0. The van der Waals surface area contributed by atoms with Crippen LogP contribution >= 0.6 is 0 Å². The highest BCUT2D eigenvalue weighted by atomic mass is 28.4. The summed E-state index contributed by atoms with van der Waals surface area (Å²) in [6.07, 6.45) is 4.37. The standard InChI is InChI=1S/C18H34O2Si/c1-16(2,3)21(7,8)20-15-10-9-13-17(4,5)14(19)11-12-18(13,15)6/h13,15H,9-12H2,1-8H3/t13-,15-,18-/m0/s1. The molecule has 0 aromatic heterocycles. The van der Waals surface area contributed by atoms with Gasteiger partial charge in [-0.1, -0.05) is 41.5 Å². The fourth-order valence-electron chi connectivity index (χ4n) is 4.35. The molecule has 0 amide bonds. The summed E-state index contributed by atoms with van der Waals surface area (Å²) < 4.78 is 6.79. The zero-order valence-corrected chi connectivity index (χ0v) is 16.3. The van der Waals surface area contributed by atoms with Gasteiger partial charge in [0.05, 0.1) is 6.10 Å². The number of carbonyl (C=O) groups excluding carboxylic acids is 1. The third-order valence-electron chi connectivity index (χ3n) is 6.97. The lowest BCUT2D eigenvalue weighted by Crippen LogP contribution is -2.52. The van der Waals surface area contributed by atoms with Gasteiger partial charge < -0.3 is 4.43 Å². The van der Waals surface area contributed by atoms with Gasteiger partial charge in [0.1, 0.15) is 5.78 Å². The number of carbonyl (C=O) groups is 1. The molecular weight excluding hydrogens is 276 g/mol. The summed E-state index contributed by atoms with van der Waals surface area (Å²) in [6, 6.07) is 0. The van der Waals surface area contributed by atoms with Crippen molar-refractivity contribution in [2.24, 2.45) is 16.7 Å². The van der Waals surface area contributed by atoms with E-state index in [1.807, 2.05) is 0 Å². The van der Waals surface area contributed by atoms with Gasteiger partial charge in [-0.15, -0.1) is 0 Å². The van der Waals surface area contributed by atoms with E-state index in [1.165, 1.54) is 0 Å². The molecule has 2 saturated carbocycles. The molecule has 2 fully saturated rings. The van der Waals surface area contributed by atoms with Gasteiger partial charge in [-0.05, 0) is 48.7 Å². The number of hydrogen-bond acceptors (Lipinski definition) is 2. The second-order valence-corrected chi connectivity index (χ2v) is 14.4. The molecule has 3 heteroatoms. The van der Waals surface area contributed by atoms with Crippen LogP contribution in [0.5, 0.6) is 0 Å². The molecule has 0 aromatic carbocycles. The summed E-state index contributed by atoms with van der Waals surface area (Å²) in [7, 11) is -1.74. The number of Topliss-reactive ketones (excluding diaryl/α,β-unsaturated/α-hetero) is 1. The van der Waals surface area contributed by atoms with Crippen LogP contribution in [0.2, 0.25) is 18.1 Å². The van der Waals surface area contributed by atoms with Crippen LogP contribution in [-0.2, 0) is 9.22 Å². The van der Waals surface area contributed by atoms with Crippen molar-refractivity contribution in [3.63, 3.8) is 0 Å². The van der Waals surface area contributed by atoms with Crippen LogP contribution in [0, 0.1) is 16.7 Å². The summed E-state index contributed by atoms with van der Waals surface area (Å²) >= 11 is 0. The quantitative estimate of drug-likeness (QED) is 0.657. The average molecular weight is 311 g/mol. The molecule has 0 N–H and O–H groups in total. The van der Waals surface area contributed by atoms with Crippen molar-refractivity contribution in [3.8, 4) is 0 Å². The Morgan fingerprint density at radius 3 is 2.24 bits per heavy atom. The molecule has 2 aliphatic carbocycles. The lowest BCUT2D eigenvalue weighted by atomic mass is 9.57. The molecule has 0 heterocycles. The molecule has 0 saturated heterocycles. The smallest absolute Gasteiger partial charge is 0.192 e. The third-order valence-corrected chi connectivity index (χ3v) is 11.5. The Bertz CT molecular complexity index is 433. The van der Waals surface area contributed by atoms with Crippen molar-refractivity contribution >= 4 is 14.1 Å². The lowest BCUT2D eigenvalue weighted by molar-refractivity contribution is -0.140. The maximum absolute atomic E-state index is 12.3. The van der Waals surface area contributed by atoms with Gasteiger partial charge >= 0.3 is 0 Å². The van der Waals surface area contributed by atoms with Crippen LogP contribution in [0.3, 0.4) is 0 Å². The second-order valence-electron chi connectivity index (χ2n) is 9.65. The second kappa shape index (κ2) is 4.92. The van der Waals surface area contributed by atoms with Gasteiger partial charge in [0.15, 0.2) is 8.32 Å². The highest BCUT2D eigenvalue weighted by molar-refractivity contribution is 6.74. The van der Waals surface area contributed by atoms with E-state index in [0.717, 1.165) is 25.7 Å². The van der Waals surface area contributed by atoms with Crippen molar-refractivity contribution in [2.45, 2.75) is 91.5 Å². The van der Waals surface area contributed by atoms with Crippen LogP contribution < -0.4 is 0 Å². The Morgan fingerprint density at radius 1 is 1.14 bits per heavy atom. The molecule has 2 rings (SSSR count). The van der Waals surface area contributed by atoms with E-state index in [2.05, 4.69) is 54.6 Å². The predicted octanol–water partition coefficient (Wildman–Crippen LogP) is 5.18. The highest BCUT2D eigenvalue weighted by Crippen LogP contribution is 2.59. The highest BCUT2D eigenvalue weighted by Gasteiger charge is 2.59. The minimum Gasteiger partial charge on any atom is -0.413 e. The molecule has 0 aliphatic heterocycles. The van der Waals surface area contributed by atoms with Gasteiger partial charge in [0, 0.05) is 11.8 Å². The molecule has 0 bridgehead atoms.